The Hall–Kier alpha value is -3.88. The molecule has 0 aliphatic heterocycles. The third-order valence-electron chi connectivity index (χ3n) is 4.45. The van der Waals surface area contributed by atoms with Crippen LogP contribution in [0.15, 0.2) is 60.7 Å². The van der Waals surface area contributed by atoms with Crippen molar-refractivity contribution < 1.29 is 13.6 Å². The molecule has 0 saturated carbocycles. The van der Waals surface area contributed by atoms with E-state index in [4.69, 9.17) is 0 Å². The number of anilines is 1. The van der Waals surface area contributed by atoms with Crippen LogP contribution in [0.4, 0.5) is 14.6 Å². The summed E-state index contributed by atoms with van der Waals surface area (Å²) in [5.74, 6) is 0.242. The summed E-state index contributed by atoms with van der Waals surface area (Å²) < 4.78 is 27.6. The Morgan fingerprint density at radius 2 is 1.60 bits per heavy atom. The van der Waals surface area contributed by atoms with Crippen LogP contribution in [0.2, 0.25) is 0 Å². The van der Waals surface area contributed by atoms with Crippen LogP contribution in [0.1, 0.15) is 21.7 Å². The summed E-state index contributed by atoms with van der Waals surface area (Å²) in [6.07, 6.45) is 0.419. The van der Waals surface area contributed by atoms with Crippen molar-refractivity contribution in [2.45, 2.75) is 13.0 Å². The fourth-order valence-electron chi connectivity index (χ4n) is 2.87. The van der Waals surface area contributed by atoms with Crippen LogP contribution in [0.5, 0.6) is 0 Å². The van der Waals surface area contributed by atoms with Crippen molar-refractivity contribution in [2.24, 2.45) is 0 Å². The van der Waals surface area contributed by atoms with Gasteiger partial charge >= 0.3 is 0 Å². The van der Waals surface area contributed by atoms with Crippen molar-refractivity contribution in [1.29, 1.82) is 0 Å². The first-order chi connectivity index (χ1) is 14.6. The third kappa shape index (κ3) is 4.57. The first-order valence-electron chi connectivity index (χ1n) is 9.32. The minimum atomic E-state index is -0.392. The van der Waals surface area contributed by atoms with E-state index >= 15 is 0 Å². The third-order valence-corrected chi connectivity index (χ3v) is 4.45. The summed E-state index contributed by atoms with van der Waals surface area (Å²) in [5.41, 5.74) is 1.89. The summed E-state index contributed by atoms with van der Waals surface area (Å²) in [4.78, 5) is 12.1. The van der Waals surface area contributed by atoms with Gasteiger partial charge in [-0.3, -0.25) is 4.79 Å². The Balaban J connectivity index is 1.38. The van der Waals surface area contributed by atoms with E-state index in [-0.39, 0.29) is 11.7 Å². The van der Waals surface area contributed by atoms with Gasteiger partial charge in [-0.2, -0.15) is 4.52 Å². The molecular formula is C21H18F2N6O. The van der Waals surface area contributed by atoms with Crippen molar-refractivity contribution in [3.63, 3.8) is 0 Å². The Kier molecular flexibility index (Phi) is 5.60. The highest BCUT2D eigenvalue weighted by Crippen LogP contribution is 2.10. The number of hydrogen-bond donors (Lipinski definition) is 2. The predicted octanol–water partition coefficient (Wildman–Crippen LogP) is 2.99. The highest BCUT2D eigenvalue weighted by atomic mass is 19.1. The summed E-state index contributed by atoms with van der Waals surface area (Å²) in [6, 6.07) is 15.1. The highest BCUT2D eigenvalue weighted by molar-refractivity contribution is 5.94. The molecule has 0 aliphatic carbocycles. The van der Waals surface area contributed by atoms with Crippen molar-refractivity contribution >= 4 is 17.4 Å². The lowest BCUT2D eigenvalue weighted by Gasteiger charge is -2.07. The molecule has 0 unspecified atom stereocenters. The van der Waals surface area contributed by atoms with Crippen LogP contribution in [0.3, 0.4) is 0 Å². The van der Waals surface area contributed by atoms with E-state index < -0.39 is 5.82 Å². The zero-order valence-electron chi connectivity index (χ0n) is 15.8. The maximum Gasteiger partial charge on any atom is 0.251 e. The average molecular weight is 408 g/mol. The molecule has 0 saturated heterocycles. The molecule has 0 aliphatic rings. The van der Waals surface area contributed by atoms with E-state index in [0.29, 0.717) is 42.4 Å². The van der Waals surface area contributed by atoms with Gasteiger partial charge in [0.25, 0.3) is 5.91 Å². The first kappa shape index (κ1) is 19.4. The number of halogens is 2. The second-order valence-electron chi connectivity index (χ2n) is 6.60. The standard InChI is InChI=1S/C21H18F2N6O/c22-16-5-1-14(2-6-16)13-25-18-9-10-19-26-27-20(29(19)28-18)11-12-24-21(30)15-3-7-17(23)8-4-15/h1-10H,11-13H2,(H,24,30)(H,25,28). The largest absolute Gasteiger partial charge is 0.365 e. The van der Waals surface area contributed by atoms with Gasteiger partial charge in [0.05, 0.1) is 0 Å². The molecule has 4 aromatic rings. The molecular weight excluding hydrogens is 390 g/mol. The molecule has 0 fully saturated rings. The Bertz CT molecular complexity index is 1160. The van der Waals surface area contributed by atoms with Crippen LogP contribution in [0.25, 0.3) is 5.65 Å². The zero-order valence-corrected chi connectivity index (χ0v) is 15.8. The SMILES string of the molecule is O=C(NCCc1nnc2ccc(NCc3ccc(F)cc3)nn12)c1ccc(F)cc1. The second-order valence-corrected chi connectivity index (χ2v) is 6.60. The molecule has 0 atom stereocenters. The van der Waals surface area contributed by atoms with Crippen molar-refractivity contribution in [1.82, 2.24) is 25.1 Å². The predicted molar refractivity (Wildman–Crippen MR) is 107 cm³/mol. The van der Waals surface area contributed by atoms with Gasteiger partial charge in [0.15, 0.2) is 11.5 Å². The molecule has 0 bridgehead atoms. The van der Waals surface area contributed by atoms with E-state index in [1.807, 2.05) is 0 Å². The molecule has 9 heteroatoms. The number of aromatic nitrogens is 4. The molecule has 2 heterocycles. The topological polar surface area (TPSA) is 84.2 Å². The van der Waals surface area contributed by atoms with E-state index in [1.165, 1.54) is 36.4 Å². The normalized spacial score (nSPS) is 10.9. The molecule has 2 aromatic carbocycles. The lowest BCUT2D eigenvalue weighted by Crippen LogP contribution is -2.26. The maximum atomic E-state index is 13.0. The monoisotopic (exact) mass is 408 g/mol. The second kappa shape index (κ2) is 8.64. The average Bonchev–Trinajstić information content (AvgIpc) is 3.16. The fraction of sp³-hybridized carbons (Fsp3) is 0.143. The molecule has 2 N–H and O–H groups in total. The Morgan fingerprint density at radius 3 is 2.33 bits per heavy atom. The number of rotatable bonds is 7. The number of hydrogen-bond acceptors (Lipinski definition) is 5. The molecule has 152 valence electrons. The lowest BCUT2D eigenvalue weighted by molar-refractivity contribution is 0.0954. The van der Waals surface area contributed by atoms with E-state index in [1.54, 1.807) is 28.8 Å². The molecule has 7 nitrogen and oxygen atoms in total. The number of benzene rings is 2. The van der Waals surface area contributed by atoms with Gasteiger partial charge in [0, 0.05) is 25.1 Å². The maximum absolute atomic E-state index is 13.0. The Labute approximate surface area is 170 Å². The van der Waals surface area contributed by atoms with E-state index in [0.717, 1.165) is 5.56 Å². The summed E-state index contributed by atoms with van der Waals surface area (Å²) >= 11 is 0. The number of nitrogens with zero attached hydrogens (tertiary/aromatic N) is 4. The number of fused-ring (bicyclic) bond motifs is 1. The quantitative estimate of drug-likeness (QED) is 0.491. The number of carbonyl (C=O) groups excluding carboxylic acids is 1. The highest BCUT2D eigenvalue weighted by Gasteiger charge is 2.10. The van der Waals surface area contributed by atoms with Gasteiger partial charge < -0.3 is 10.6 Å². The minimum absolute atomic E-state index is 0.279. The van der Waals surface area contributed by atoms with Crippen LogP contribution in [-0.2, 0) is 13.0 Å². The van der Waals surface area contributed by atoms with Gasteiger partial charge in [0.1, 0.15) is 17.5 Å². The molecule has 0 radical (unpaired) electrons. The van der Waals surface area contributed by atoms with Crippen LogP contribution < -0.4 is 10.6 Å². The first-order valence-corrected chi connectivity index (χ1v) is 9.32. The fourth-order valence-corrected chi connectivity index (χ4v) is 2.87. The van der Waals surface area contributed by atoms with Gasteiger partial charge in [-0.25, -0.2) is 8.78 Å². The Morgan fingerprint density at radius 1 is 0.900 bits per heavy atom. The minimum Gasteiger partial charge on any atom is -0.365 e. The smallest absolute Gasteiger partial charge is 0.251 e. The molecule has 4 rings (SSSR count). The van der Waals surface area contributed by atoms with Crippen molar-refractivity contribution in [3.8, 4) is 0 Å². The number of carbonyl (C=O) groups is 1. The van der Waals surface area contributed by atoms with Crippen molar-refractivity contribution in [2.75, 3.05) is 11.9 Å². The number of amides is 1. The van der Waals surface area contributed by atoms with Gasteiger partial charge in [-0.15, -0.1) is 15.3 Å². The molecule has 30 heavy (non-hydrogen) atoms. The molecule has 1 amide bonds. The van der Waals surface area contributed by atoms with Gasteiger partial charge in [0.2, 0.25) is 0 Å². The lowest BCUT2D eigenvalue weighted by atomic mass is 10.2. The summed E-state index contributed by atoms with van der Waals surface area (Å²) in [6.45, 7) is 0.815. The zero-order chi connectivity index (χ0) is 20.9. The van der Waals surface area contributed by atoms with Gasteiger partial charge in [-0.05, 0) is 54.1 Å². The van der Waals surface area contributed by atoms with E-state index in [9.17, 15) is 13.6 Å². The number of nitrogens with one attached hydrogen (secondary N) is 2. The van der Waals surface area contributed by atoms with Gasteiger partial charge in [-0.1, -0.05) is 12.1 Å². The summed E-state index contributed by atoms with van der Waals surface area (Å²) in [5, 5.41) is 18.6. The van der Waals surface area contributed by atoms with E-state index in [2.05, 4.69) is 25.9 Å². The van der Waals surface area contributed by atoms with Crippen molar-refractivity contribution in [3.05, 3.63) is 89.2 Å². The van der Waals surface area contributed by atoms with Crippen LogP contribution >= 0.6 is 0 Å². The molecule has 2 aromatic heterocycles. The van der Waals surface area contributed by atoms with Crippen LogP contribution in [-0.4, -0.2) is 32.3 Å². The summed E-state index contributed by atoms with van der Waals surface area (Å²) in [7, 11) is 0. The molecule has 0 spiro atoms. The van der Waals surface area contributed by atoms with Crippen LogP contribution in [0, 0.1) is 11.6 Å².